The first-order valence-corrected chi connectivity index (χ1v) is 15.9. The number of aryl methyl sites for hydroxylation is 2. The predicted molar refractivity (Wildman–Crippen MR) is 173 cm³/mol. The molecule has 0 unspecified atom stereocenters. The van der Waals surface area contributed by atoms with Crippen LogP contribution >= 0.6 is 22.9 Å². The molecule has 47 heavy (non-hydrogen) atoms. The van der Waals surface area contributed by atoms with Gasteiger partial charge >= 0.3 is 12.1 Å². The van der Waals surface area contributed by atoms with Crippen LogP contribution in [0.15, 0.2) is 41.3 Å². The van der Waals surface area contributed by atoms with E-state index in [9.17, 15) is 33.1 Å². The molecule has 0 amide bonds. The molecule has 0 spiro atoms. The number of pyridine rings is 1. The number of carboxylic acids is 1. The molecule has 1 aliphatic heterocycles. The largest absolute Gasteiger partial charge is 0.491 e. The number of fused-ring (bicyclic) bond motifs is 2. The molecule has 0 bridgehead atoms. The normalized spacial score (nSPS) is 14.1. The molecule has 2 N–H and O–H groups in total. The van der Waals surface area contributed by atoms with Crippen molar-refractivity contribution >= 4 is 50.0 Å². The van der Waals surface area contributed by atoms with E-state index in [4.69, 9.17) is 16.3 Å². The number of piperidine rings is 1. The number of nitrogens with zero attached hydrogens (tertiary/aromatic N) is 4. The Morgan fingerprint density at radius 2 is 1.96 bits per heavy atom. The fourth-order valence-corrected chi connectivity index (χ4v) is 7.61. The van der Waals surface area contributed by atoms with E-state index in [0.29, 0.717) is 62.9 Å². The van der Waals surface area contributed by atoms with Gasteiger partial charge in [-0.15, -0.1) is 11.3 Å². The zero-order chi connectivity index (χ0) is 33.6. The molecule has 1 fully saturated rings. The van der Waals surface area contributed by atoms with Crippen LogP contribution in [-0.4, -0.2) is 45.3 Å². The van der Waals surface area contributed by atoms with Crippen molar-refractivity contribution < 1.29 is 27.8 Å². The van der Waals surface area contributed by atoms with Gasteiger partial charge in [-0.2, -0.15) is 18.4 Å². The molecule has 1 saturated heterocycles. The second-order valence-corrected chi connectivity index (χ2v) is 12.9. The molecule has 6 rings (SSSR count). The Morgan fingerprint density at radius 3 is 2.64 bits per heavy atom. The van der Waals surface area contributed by atoms with Crippen LogP contribution in [0.3, 0.4) is 0 Å². The highest BCUT2D eigenvalue weighted by Crippen LogP contribution is 2.43. The van der Waals surface area contributed by atoms with Crippen molar-refractivity contribution in [1.82, 2.24) is 19.9 Å². The van der Waals surface area contributed by atoms with Gasteiger partial charge in [0.15, 0.2) is 0 Å². The summed E-state index contributed by atoms with van der Waals surface area (Å²) in [5, 5.41) is 23.3. The molecule has 5 aromatic rings. The Bertz CT molecular complexity index is 2170. The van der Waals surface area contributed by atoms with Crippen LogP contribution in [0, 0.1) is 25.2 Å². The summed E-state index contributed by atoms with van der Waals surface area (Å²) in [6.45, 7) is 4.18. The van der Waals surface area contributed by atoms with Crippen molar-refractivity contribution in [3.05, 3.63) is 84.9 Å². The summed E-state index contributed by atoms with van der Waals surface area (Å²) < 4.78 is 51.0. The molecule has 1 aliphatic rings. The average Bonchev–Trinajstić information content (AvgIpc) is 3.38. The third-order valence-electron chi connectivity index (χ3n) is 8.41. The third-order valence-corrected chi connectivity index (χ3v) is 9.77. The summed E-state index contributed by atoms with van der Waals surface area (Å²) >= 11 is 7.64. The molecule has 4 heterocycles. The van der Waals surface area contributed by atoms with Crippen molar-refractivity contribution in [2.75, 3.05) is 19.7 Å². The van der Waals surface area contributed by atoms with Gasteiger partial charge in [0.25, 0.3) is 5.56 Å². The number of benzene rings is 2. The Morgan fingerprint density at radius 1 is 1.21 bits per heavy atom. The number of aromatic carboxylic acids is 1. The van der Waals surface area contributed by atoms with Gasteiger partial charge in [-0.3, -0.25) is 14.3 Å². The quantitative estimate of drug-likeness (QED) is 0.186. The maximum absolute atomic E-state index is 14.3. The van der Waals surface area contributed by atoms with E-state index in [1.807, 2.05) is 6.07 Å². The zero-order valence-corrected chi connectivity index (χ0v) is 26.7. The summed E-state index contributed by atoms with van der Waals surface area (Å²) in [5.41, 5.74) is -0.459. The molecular weight excluding hydrogens is 655 g/mol. The number of halogens is 4. The molecule has 0 atom stereocenters. The maximum atomic E-state index is 14.3. The standard InChI is InChI=1S/C33H27ClF3N5O4S/c1-16-26(32(44)45)29-30(47-16)20(7-10-40-29)21-13-19(34)3-4-25(21)46-12-11-42-17(2)41-24-14-23(33(35,36)37)27(18-5-8-39-9-6-18)22(15-38)28(24)31(42)43/h3-4,7,10,13-14,18,39H,5-6,8-9,11-12H2,1-2H3,(H,44,45). The number of alkyl halides is 3. The van der Waals surface area contributed by atoms with Gasteiger partial charge in [-0.1, -0.05) is 11.6 Å². The molecule has 0 saturated carbocycles. The van der Waals surface area contributed by atoms with Crippen molar-refractivity contribution in [2.24, 2.45) is 0 Å². The molecule has 0 aliphatic carbocycles. The van der Waals surface area contributed by atoms with E-state index >= 15 is 0 Å². The lowest BCUT2D eigenvalue weighted by molar-refractivity contribution is -0.138. The van der Waals surface area contributed by atoms with Crippen LogP contribution in [0.25, 0.3) is 32.2 Å². The van der Waals surface area contributed by atoms with Crippen molar-refractivity contribution in [3.8, 4) is 22.9 Å². The van der Waals surface area contributed by atoms with Gasteiger partial charge in [0.2, 0.25) is 0 Å². The summed E-state index contributed by atoms with van der Waals surface area (Å²) in [6, 6.07) is 9.53. The van der Waals surface area contributed by atoms with Gasteiger partial charge in [0.05, 0.1) is 44.4 Å². The highest BCUT2D eigenvalue weighted by molar-refractivity contribution is 7.20. The van der Waals surface area contributed by atoms with Gasteiger partial charge in [-0.05, 0) is 81.6 Å². The van der Waals surface area contributed by atoms with Crippen molar-refractivity contribution in [1.29, 1.82) is 5.26 Å². The summed E-state index contributed by atoms with van der Waals surface area (Å²) in [5.74, 6) is -1.04. The van der Waals surface area contributed by atoms with E-state index in [1.54, 1.807) is 31.2 Å². The smallest absolute Gasteiger partial charge is 0.416 e. The van der Waals surface area contributed by atoms with Crippen LogP contribution in [0.4, 0.5) is 13.2 Å². The summed E-state index contributed by atoms with van der Waals surface area (Å²) in [6.07, 6.45) is -2.41. The minimum atomic E-state index is -4.73. The molecule has 14 heteroatoms. The highest BCUT2D eigenvalue weighted by Gasteiger charge is 2.39. The lowest BCUT2D eigenvalue weighted by Crippen LogP contribution is -2.30. The fourth-order valence-electron chi connectivity index (χ4n) is 6.30. The molecule has 2 aromatic carbocycles. The first-order valence-electron chi connectivity index (χ1n) is 14.7. The summed E-state index contributed by atoms with van der Waals surface area (Å²) in [7, 11) is 0. The number of hydrogen-bond donors (Lipinski definition) is 2. The van der Waals surface area contributed by atoms with E-state index in [0.717, 1.165) is 6.07 Å². The lowest BCUT2D eigenvalue weighted by Gasteiger charge is -2.27. The number of rotatable bonds is 7. The first kappa shape index (κ1) is 32.4. The molecule has 0 radical (unpaired) electrons. The minimum Gasteiger partial charge on any atom is -0.491 e. The molecule has 242 valence electrons. The van der Waals surface area contributed by atoms with Gasteiger partial charge < -0.3 is 15.2 Å². The molecular formula is C33H27ClF3N5O4S. The van der Waals surface area contributed by atoms with Crippen LogP contribution in [0.2, 0.25) is 5.02 Å². The predicted octanol–water partition coefficient (Wildman–Crippen LogP) is 7.08. The second kappa shape index (κ2) is 12.6. The highest BCUT2D eigenvalue weighted by atomic mass is 35.5. The number of aromatic nitrogens is 3. The number of carboxylic acid groups (broad SMARTS) is 1. The number of hydrogen-bond acceptors (Lipinski definition) is 8. The minimum absolute atomic E-state index is 0.0166. The summed E-state index contributed by atoms with van der Waals surface area (Å²) in [4.78, 5) is 35.0. The molecule has 3 aromatic heterocycles. The van der Waals surface area contributed by atoms with Gasteiger partial charge in [0.1, 0.15) is 24.3 Å². The Kier molecular flexibility index (Phi) is 8.69. The first-order chi connectivity index (χ1) is 22.4. The van der Waals surface area contributed by atoms with Crippen molar-refractivity contribution in [2.45, 2.75) is 45.3 Å². The van der Waals surface area contributed by atoms with E-state index < -0.39 is 29.2 Å². The Balaban J connectivity index is 1.38. The second-order valence-electron chi connectivity index (χ2n) is 11.2. The number of carbonyl (C=O) groups is 1. The third kappa shape index (κ3) is 5.93. The number of nitrogens with one attached hydrogen (secondary N) is 1. The fraction of sp³-hybridized carbons (Fsp3) is 0.303. The number of thiophene rings is 1. The molecule has 9 nitrogen and oxygen atoms in total. The van der Waals surface area contributed by atoms with Gasteiger partial charge in [-0.25, -0.2) is 9.78 Å². The SMILES string of the molecule is Cc1sc2c(-c3cc(Cl)ccc3OCCn3c(C)nc4cc(C(F)(F)F)c(C5CCNCC5)c(C#N)c4c3=O)ccnc2c1C(=O)O. The lowest BCUT2D eigenvalue weighted by atomic mass is 9.82. The van der Waals surface area contributed by atoms with Crippen LogP contribution < -0.4 is 15.6 Å². The van der Waals surface area contributed by atoms with Crippen LogP contribution in [-0.2, 0) is 12.7 Å². The van der Waals surface area contributed by atoms with Crippen LogP contribution in [0.5, 0.6) is 5.75 Å². The topological polar surface area (TPSA) is 130 Å². The van der Waals surface area contributed by atoms with Crippen LogP contribution in [0.1, 0.15) is 56.5 Å². The average molecular weight is 682 g/mol. The van der Waals surface area contributed by atoms with E-state index in [2.05, 4.69) is 15.3 Å². The Labute approximate surface area is 275 Å². The Hall–Kier alpha value is -4.51. The van der Waals surface area contributed by atoms with E-state index in [1.165, 1.54) is 29.0 Å². The zero-order valence-electron chi connectivity index (χ0n) is 25.2. The number of ether oxygens (including phenoxy) is 1. The maximum Gasteiger partial charge on any atom is 0.416 e. The van der Waals surface area contributed by atoms with Crippen molar-refractivity contribution in [3.63, 3.8) is 0 Å². The number of nitriles is 1. The monoisotopic (exact) mass is 681 g/mol. The van der Waals surface area contributed by atoms with Gasteiger partial charge in [0, 0.05) is 27.2 Å². The van der Waals surface area contributed by atoms with E-state index in [-0.39, 0.29) is 46.6 Å².